The molecule has 1 saturated carbocycles. The normalized spacial score (nSPS) is 15.4. The maximum absolute atomic E-state index is 13.0. The van der Waals surface area contributed by atoms with Crippen molar-refractivity contribution in [2.45, 2.75) is 44.7 Å². The Hall–Kier alpha value is -1.63. The van der Waals surface area contributed by atoms with Gasteiger partial charge in [0.15, 0.2) is 5.13 Å². The first kappa shape index (κ1) is 19.1. The molecule has 1 aliphatic rings. The predicted molar refractivity (Wildman–Crippen MR) is 109 cm³/mol. The number of thiazole rings is 1. The fraction of sp³-hybridized carbons (Fsp3) is 0.474. The van der Waals surface area contributed by atoms with Crippen LogP contribution in [0, 0.1) is 0 Å². The molecule has 0 unspecified atom stereocenters. The molecule has 0 aliphatic heterocycles. The number of nitrogens with one attached hydrogen (secondary N) is 1. The van der Waals surface area contributed by atoms with Crippen LogP contribution in [0.5, 0.6) is 0 Å². The minimum Gasteiger partial charge on any atom is -0.382 e. The van der Waals surface area contributed by atoms with Gasteiger partial charge < -0.3 is 16.0 Å². The zero-order chi connectivity index (χ0) is 18.7. The van der Waals surface area contributed by atoms with Crippen molar-refractivity contribution >= 4 is 39.7 Å². The van der Waals surface area contributed by atoms with E-state index >= 15 is 0 Å². The van der Waals surface area contributed by atoms with Gasteiger partial charge in [-0.25, -0.2) is 4.98 Å². The zero-order valence-electron chi connectivity index (χ0n) is 15.2. The van der Waals surface area contributed by atoms with E-state index in [1.165, 1.54) is 30.6 Å². The summed E-state index contributed by atoms with van der Waals surface area (Å²) >= 11 is 7.60. The van der Waals surface area contributed by atoms with Crippen LogP contribution in [0.25, 0.3) is 0 Å². The Morgan fingerprint density at radius 3 is 2.77 bits per heavy atom. The second-order valence-corrected chi connectivity index (χ2v) is 8.50. The number of rotatable bonds is 6. The lowest BCUT2D eigenvalue weighted by Crippen LogP contribution is -2.22. The summed E-state index contributed by atoms with van der Waals surface area (Å²) < 4.78 is 0. The van der Waals surface area contributed by atoms with Crippen LogP contribution in [0.1, 0.15) is 52.9 Å². The molecule has 3 N–H and O–H groups in total. The van der Waals surface area contributed by atoms with Crippen molar-refractivity contribution < 1.29 is 4.79 Å². The smallest absolute Gasteiger partial charge is 0.208 e. The number of benzene rings is 1. The molecule has 1 aliphatic carbocycles. The van der Waals surface area contributed by atoms with Crippen LogP contribution >= 0.6 is 22.9 Å². The lowest BCUT2D eigenvalue weighted by atomic mass is 9.96. The van der Waals surface area contributed by atoms with Gasteiger partial charge in [-0.1, -0.05) is 48.3 Å². The van der Waals surface area contributed by atoms with Crippen molar-refractivity contribution in [1.82, 2.24) is 9.88 Å². The molecule has 5 nitrogen and oxygen atoms in total. The third-order valence-electron chi connectivity index (χ3n) is 4.57. The molecule has 1 aromatic heterocycles. The zero-order valence-corrected chi connectivity index (χ0v) is 16.8. The van der Waals surface area contributed by atoms with Crippen LogP contribution in [0.4, 0.5) is 10.9 Å². The first-order valence-corrected chi connectivity index (χ1v) is 10.1. The Morgan fingerprint density at radius 2 is 2.08 bits per heavy atom. The second-order valence-electron chi connectivity index (χ2n) is 7.09. The van der Waals surface area contributed by atoms with Crippen molar-refractivity contribution in [3.05, 3.63) is 39.2 Å². The molecular weight excluding hydrogens is 368 g/mol. The molecular formula is C19H25ClN4OS. The molecule has 1 heterocycles. The molecule has 3 rings (SSSR count). The monoisotopic (exact) mass is 392 g/mol. The molecule has 0 spiro atoms. The Kier molecular flexibility index (Phi) is 6.16. The van der Waals surface area contributed by atoms with Crippen LogP contribution in [0.2, 0.25) is 5.02 Å². The number of ketones is 1. The fourth-order valence-electron chi connectivity index (χ4n) is 3.31. The number of nitrogen functional groups attached to an aromatic ring is 1. The van der Waals surface area contributed by atoms with Gasteiger partial charge in [-0.05, 0) is 44.6 Å². The number of carbonyl (C=O) groups excluding carboxylic acids is 1. The van der Waals surface area contributed by atoms with Gasteiger partial charge in [0.05, 0.1) is 5.02 Å². The van der Waals surface area contributed by atoms with Crippen LogP contribution in [-0.2, 0) is 6.54 Å². The lowest BCUT2D eigenvalue weighted by molar-refractivity contribution is 0.104. The predicted octanol–water partition coefficient (Wildman–Crippen LogP) is 4.42. The summed E-state index contributed by atoms with van der Waals surface area (Å²) in [6, 6.07) is 5.97. The third-order valence-corrected chi connectivity index (χ3v) is 5.90. The second kappa shape index (κ2) is 8.37. The molecule has 140 valence electrons. The summed E-state index contributed by atoms with van der Waals surface area (Å²) in [6.45, 7) is 0.740. The Labute approximate surface area is 163 Å². The average Bonchev–Trinajstić information content (AvgIpc) is 2.96. The number of nitrogens with two attached hydrogens (primary N) is 1. The highest BCUT2D eigenvalue weighted by molar-refractivity contribution is 7.18. The number of anilines is 2. The van der Waals surface area contributed by atoms with E-state index in [9.17, 15) is 4.79 Å². The molecule has 2 aromatic rings. The quantitative estimate of drug-likeness (QED) is 0.712. The first-order valence-electron chi connectivity index (χ1n) is 8.94. The molecule has 7 heteroatoms. The highest BCUT2D eigenvalue weighted by Gasteiger charge is 2.22. The van der Waals surface area contributed by atoms with Crippen molar-refractivity contribution in [2.24, 2.45) is 0 Å². The summed E-state index contributed by atoms with van der Waals surface area (Å²) in [6.07, 6.45) is 6.04. The van der Waals surface area contributed by atoms with Gasteiger partial charge >= 0.3 is 0 Å². The molecule has 0 bridgehead atoms. The molecule has 0 radical (unpaired) electrons. The van der Waals surface area contributed by atoms with E-state index in [2.05, 4.69) is 10.3 Å². The number of nitrogens with zero attached hydrogens (tertiary/aromatic N) is 2. The van der Waals surface area contributed by atoms with Crippen LogP contribution in [0.15, 0.2) is 18.2 Å². The van der Waals surface area contributed by atoms with Gasteiger partial charge in [-0.3, -0.25) is 4.79 Å². The van der Waals surface area contributed by atoms with Gasteiger partial charge in [0, 0.05) is 18.2 Å². The number of aromatic nitrogens is 1. The summed E-state index contributed by atoms with van der Waals surface area (Å²) in [5, 5.41) is 4.59. The van der Waals surface area contributed by atoms with Gasteiger partial charge in [-0.2, -0.15) is 0 Å². The average molecular weight is 393 g/mol. The Bertz CT molecular complexity index is 784. The fourth-order valence-corrected chi connectivity index (χ4v) is 4.43. The van der Waals surface area contributed by atoms with E-state index in [-0.39, 0.29) is 11.6 Å². The minimum absolute atomic E-state index is 0.165. The number of hydrogen-bond acceptors (Lipinski definition) is 6. The van der Waals surface area contributed by atoms with E-state index in [4.69, 9.17) is 17.3 Å². The summed E-state index contributed by atoms with van der Waals surface area (Å²) in [4.78, 5) is 19.9. The summed E-state index contributed by atoms with van der Waals surface area (Å²) in [7, 11) is 3.97. The van der Waals surface area contributed by atoms with Gasteiger partial charge in [0.25, 0.3) is 0 Å². The SMILES string of the molecule is CN(C)Cc1ccc(Cl)c(C(=O)c2sc(NC3CCCCC3)nc2N)c1. The number of carbonyl (C=O) groups is 1. The summed E-state index contributed by atoms with van der Waals surface area (Å²) in [5.41, 5.74) is 7.55. The third kappa shape index (κ3) is 4.55. The molecule has 0 saturated heterocycles. The van der Waals surface area contributed by atoms with Crippen LogP contribution in [-0.4, -0.2) is 35.8 Å². The summed E-state index contributed by atoms with van der Waals surface area (Å²) in [5.74, 6) is 0.106. The van der Waals surface area contributed by atoms with Crippen molar-refractivity contribution in [2.75, 3.05) is 25.1 Å². The highest BCUT2D eigenvalue weighted by atomic mass is 35.5. The van der Waals surface area contributed by atoms with E-state index in [1.807, 2.05) is 31.1 Å². The van der Waals surface area contributed by atoms with Gasteiger partial charge in [0.1, 0.15) is 10.7 Å². The van der Waals surface area contributed by atoms with Gasteiger partial charge in [0.2, 0.25) is 5.78 Å². The van der Waals surface area contributed by atoms with Crippen molar-refractivity contribution in [3.63, 3.8) is 0 Å². The van der Waals surface area contributed by atoms with E-state index in [0.717, 1.165) is 30.1 Å². The lowest BCUT2D eigenvalue weighted by Gasteiger charge is -2.22. The number of halogens is 1. The Balaban J connectivity index is 1.81. The van der Waals surface area contributed by atoms with E-state index in [0.29, 0.717) is 21.5 Å². The maximum Gasteiger partial charge on any atom is 0.208 e. The van der Waals surface area contributed by atoms with E-state index < -0.39 is 0 Å². The molecule has 0 atom stereocenters. The Morgan fingerprint density at radius 1 is 1.35 bits per heavy atom. The number of hydrogen-bond donors (Lipinski definition) is 2. The molecule has 0 amide bonds. The van der Waals surface area contributed by atoms with Crippen LogP contribution < -0.4 is 11.1 Å². The largest absolute Gasteiger partial charge is 0.382 e. The van der Waals surface area contributed by atoms with Crippen molar-refractivity contribution in [1.29, 1.82) is 0 Å². The maximum atomic E-state index is 13.0. The molecule has 26 heavy (non-hydrogen) atoms. The molecule has 1 aromatic carbocycles. The van der Waals surface area contributed by atoms with E-state index in [1.54, 1.807) is 6.07 Å². The van der Waals surface area contributed by atoms with Crippen LogP contribution in [0.3, 0.4) is 0 Å². The minimum atomic E-state index is -0.165. The highest BCUT2D eigenvalue weighted by Crippen LogP contribution is 2.32. The standard InChI is InChI=1S/C19H25ClN4OS/c1-24(2)11-12-8-9-15(20)14(10-12)16(25)17-18(21)23-19(26-17)22-13-6-4-3-5-7-13/h8-10,13H,3-7,11,21H2,1-2H3,(H,22,23). The first-order chi connectivity index (χ1) is 12.4. The van der Waals surface area contributed by atoms with Crippen molar-refractivity contribution in [3.8, 4) is 0 Å². The molecule has 1 fully saturated rings. The topological polar surface area (TPSA) is 71.2 Å². The van der Waals surface area contributed by atoms with Gasteiger partial charge in [-0.15, -0.1) is 0 Å².